The van der Waals surface area contributed by atoms with Crippen molar-refractivity contribution in [2.24, 2.45) is 0 Å². The number of ether oxygens (including phenoxy) is 1. The lowest BCUT2D eigenvalue weighted by Gasteiger charge is -2.06. The summed E-state index contributed by atoms with van der Waals surface area (Å²) in [4.78, 5) is 13.5. The van der Waals surface area contributed by atoms with Crippen LogP contribution in [0.5, 0.6) is 5.75 Å². The molecule has 1 heterocycles. The first-order valence-electron chi connectivity index (χ1n) is 9.18. The van der Waals surface area contributed by atoms with E-state index in [0.29, 0.717) is 28.9 Å². The van der Waals surface area contributed by atoms with E-state index in [2.05, 4.69) is 21.2 Å². The number of amides is 1. The lowest BCUT2D eigenvalue weighted by Crippen LogP contribution is -2.13. The Bertz CT molecular complexity index is 1100. The fourth-order valence-electron chi connectivity index (χ4n) is 2.51. The van der Waals surface area contributed by atoms with E-state index in [9.17, 15) is 10.1 Å². The highest BCUT2D eigenvalue weighted by Gasteiger charge is 2.14. The minimum atomic E-state index is -0.512. The summed E-state index contributed by atoms with van der Waals surface area (Å²) in [5, 5.41) is 12.8. The largest absolute Gasteiger partial charge is 0.494 e. The summed E-state index contributed by atoms with van der Waals surface area (Å²) in [6.07, 6.45) is 1.42. The number of nitrogens with one attached hydrogen (secondary N) is 1. The standard InChI is InChI=1S/C23H19BrN2O3S/c1-3-28-18-8-6-17(7-9-18)26-22(27)16(14-25)12-19-13-21(24)23(29-19)30-20-10-4-15(2)5-11-20/h4-13H,3H2,1-2H3,(H,26,27)/b16-12-. The van der Waals surface area contributed by atoms with Crippen LogP contribution in [0.3, 0.4) is 0 Å². The van der Waals surface area contributed by atoms with Crippen LogP contribution in [-0.2, 0) is 4.79 Å². The van der Waals surface area contributed by atoms with Crippen LogP contribution in [0.2, 0.25) is 0 Å². The molecule has 2 aromatic carbocycles. The number of nitriles is 1. The van der Waals surface area contributed by atoms with E-state index < -0.39 is 5.91 Å². The number of carbonyl (C=O) groups excluding carboxylic acids is 1. The predicted octanol–water partition coefficient (Wildman–Crippen LogP) is 6.45. The molecule has 7 heteroatoms. The molecule has 152 valence electrons. The second-order valence-electron chi connectivity index (χ2n) is 6.28. The Morgan fingerprint density at radius 3 is 2.57 bits per heavy atom. The summed E-state index contributed by atoms with van der Waals surface area (Å²) < 4.78 is 11.9. The zero-order valence-electron chi connectivity index (χ0n) is 16.4. The van der Waals surface area contributed by atoms with Gasteiger partial charge in [0.25, 0.3) is 5.91 Å². The first kappa shape index (κ1) is 21.8. The number of furan rings is 1. The molecule has 3 rings (SSSR count). The fourth-order valence-corrected chi connectivity index (χ4v) is 3.84. The maximum atomic E-state index is 12.5. The summed E-state index contributed by atoms with van der Waals surface area (Å²) in [5.74, 6) is 0.613. The Hall–Kier alpha value is -2.95. The highest BCUT2D eigenvalue weighted by Crippen LogP contribution is 2.36. The van der Waals surface area contributed by atoms with Gasteiger partial charge in [0.05, 0.1) is 11.1 Å². The molecule has 0 spiro atoms. The molecular formula is C23H19BrN2O3S. The van der Waals surface area contributed by atoms with Gasteiger partial charge in [0.2, 0.25) is 0 Å². The molecule has 30 heavy (non-hydrogen) atoms. The van der Waals surface area contributed by atoms with Crippen molar-refractivity contribution in [2.75, 3.05) is 11.9 Å². The first-order valence-corrected chi connectivity index (χ1v) is 10.8. The van der Waals surface area contributed by atoms with Gasteiger partial charge in [-0.25, -0.2) is 0 Å². The van der Waals surface area contributed by atoms with E-state index in [1.165, 1.54) is 23.4 Å². The van der Waals surface area contributed by atoms with Gasteiger partial charge in [-0.3, -0.25) is 4.79 Å². The first-order chi connectivity index (χ1) is 14.5. The molecular weight excluding hydrogens is 464 g/mol. The lowest BCUT2D eigenvalue weighted by molar-refractivity contribution is -0.112. The molecule has 1 N–H and O–H groups in total. The molecule has 1 amide bonds. The molecule has 3 aromatic rings. The van der Waals surface area contributed by atoms with Gasteiger partial charge in [0, 0.05) is 16.7 Å². The van der Waals surface area contributed by atoms with E-state index in [1.54, 1.807) is 30.3 Å². The maximum Gasteiger partial charge on any atom is 0.266 e. The molecule has 0 saturated carbocycles. The molecule has 0 radical (unpaired) electrons. The number of hydrogen-bond donors (Lipinski definition) is 1. The quantitative estimate of drug-likeness (QED) is 0.309. The summed E-state index contributed by atoms with van der Waals surface area (Å²) in [6, 6.07) is 18.7. The highest BCUT2D eigenvalue weighted by molar-refractivity contribution is 9.10. The number of rotatable bonds is 7. The molecule has 0 atom stereocenters. The number of aryl methyl sites for hydroxylation is 1. The maximum absolute atomic E-state index is 12.5. The van der Waals surface area contributed by atoms with Gasteiger partial charge in [0.15, 0.2) is 5.09 Å². The van der Waals surface area contributed by atoms with Crippen molar-refractivity contribution in [3.63, 3.8) is 0 Å². The molecule has 0 fully saturated rings. The molecule has 5 nitrogen and oxygen atoms in total. The van der Waals surface area contributed by atoms with Crippen LogP contribution in [0.1, 0.15) is 18.2 Å². The smallest absolute Gasteiger partial charge is 0.266 e. The molecule has 0 aliphatic rings. The zero-order chi connectivity index (χ0) is 21.5. The molecule has 0 unspecified atom stereocenters. The van der Waals surface area contributed by atoms with Crippen LogP contribution >= 0.6 is 27.7 Å². The summed E-state index contributed by atoms with van der Waals surface area (Å²) in [5.41, 5.74) is 1.69. The van der Waals surface area contributed by atoms with Crippen molar-refractivity contribution in [1.29, 1.82) is 5.26 Å². The van der Waals surface area contributed by atoms with E-state index in [0.717, 1.165) is 9.37 Å². The van der Waals surface area contributed by atoms with Crippen molar-refractivity contribution in [3.05, 3.63) is 76.0 Å². The van der Waals surface area contributed by atoms with E-state index in [4.69, 9.17) is 9.15 Å². The highest BCUT2D eigenvalue weighted by atomic mass is 79.9. The molecule has 1 aromatic heterocycles. The minimum Gasteiger partial charge on any atom is -0.494 e. The van der Waals surface area contributed by atoms with E-state index in [1.807, 2.05) is 44.2 Å². The number of nitrogens with zero attached hydrogens (tertiary/aromatic N) is 1. The Balaban J connectivity index is 1.72. The van der Waals surface area contributed by atoms with Crippen molar-refractivity contribution < 1.29 is 13.9 Å². The third kappa shape index (κ3) is 5.78. The Morgan fingerprint density at radius 2 is 1.93 bits per heavy atom. The van der Waals surface area contributed by atoms with Crippen molar-refractivity contribution in [1.82, 2.24) is 0 Å². The number of carbonyl (C=O) groups is 1. The van der Waals surface area contributed by atoms with Gasteiger partial charge < -0.3 is 14.5 Å². The predicted molar refractivity (Wildman–Crippen MR) is 122 cm³/mol. The number of hydrogen-bond acceptors (Lipinski definition) is 5. The number of anilines is 1. The van der Waals surface area contributed by atoms with Gasteiger partial charge in [-0.1, -0.05) is 29.5 Å². The zero-order valence-corrected chi connectivity index (χ0v) is 18.8. The second-order valence-corrected chi connectivity index (χ2v) is 8.18. The third-order valence-electron chi connectivity index (χ3n) is 3.98. The fraction of sp³-hybridized carbons (Fsp3) is 0.130. The average molecular weight is 483 g/mol. The van der Waals surface area contributed by atoms with Crippen LogP contribution in [0.4, 0.5) is 5.69 Å². The monoisotopic (exact) mass is 482 g/mol. The number of halogens is 1. The van der Waals surface area contributed by atoms with Crippen LogP contribution in [0.15, 0.2) is 79.0 Å². The van der Waals surface area contributed by atoms with Gasteiger partial charge in [-0.15, -0.1) is 0 Å². The van der Waals surface area contributed by atoms with Gasteiger partial charge in [-0.2, -0.15) is 5.26 Å². The summed E-state index contributed by atoms with van der Waals surface area (Å²) in [6.45, 7) is 4.50. The van der Waals surface area contributed by atoms with E-state index in [-0.39, 0.29) is 5.57 Å². The summed E-state index contributed by atoms with van der Waals surface area (Å²) >= 11 is 4.93. The lowest BCUT2D eigenvalue weighted by atomic mass is 10.2. The van der Waals surface area contributed by atoms with Crippen LogP contribution in [0, 0.1) is 18.3 Å². The van der Waals surface area contributed by atoms with Gasteiger partial charge in [0.1, 0.15) is 23.2 Å². The van der Waals surface area contributed by atoms with Crippen LogP contribution in [-0.4, -0.2) is 12.5 Å². The van der Waals surface area contributed by atoms with E-state index >= 15 is 0 Å². The molecule has 0 aliphatic heterocycles. The second kappa shape index (κ2) is 10.2. The molecule has 0 saturated heterocycles. The van der Waals surface area contributed by atoms with Gasteiger partial charge in [-0.05, 0) is 72.2 Å². The Morgan fingerprint density at radius 1 is 1.23 bits per heavy atom. The van der Waals surface area contributed by atoms with Crippen LogP contribution < -0.4 is 10.1 Å². The molecule has 0 bridgehead atoms. The van der Waals surface area contributed by atoms with Crippen molar-refractivity contribution >= 4 is 45.4 Å². The molecule has 0 aliphatic carbocycles. The number of benzene rings is 2. The minimum absolute atomic E-state index is 0.0583. The normalized spacial score (nSPS) is 11.1. The average Bonchev–Trinajstić information content (AvgIpc) is 3.08. The Labute approximate surface area is 187 Å². The third-order valence-corrected chi connectivity index (χ3v) is 5.83. The van der Waals surface area contributed by atoms with Gasteiger partial charge >= 0.3 is 0 Å². The Kier molecular flexibility index (Phi) is 7.39. The van der Waals surface area contributed by atoms with Crippen molar-refractivity contribution in [2.45, 2.75) is 23.8 Å². The van der Waals surface area contributed by atoms with Crippen molar-refractivity contribution in [3.8, 4) is 11.8 Å². The topological polar surface area (TPSA) is 75.3 Å². The SMILES string of the molecule is CCOc1ccc(NC(=O)/C(C#N)=C\c2cc(Br)c(Sc3ccc(C)cc3)o2)cc1. The summed E-state index contributed by atoms with van der Waals surface area (Å²) in [7, 11) is 0. The van der Waals surface area contributed by atoms with Crippen LogP contribution in [0.25, 0.3) is 6.08 Å².